The van der Waals surface area contributed by atoms with E-state index >= 15 is 0 Å². The molecular formula is C14H20Br2N2O2. The molecule has 6 heteroatoms. The minimum atomic E-state index is -0.0141. The first kappa shape index (κ1) is 17.3. The van der Waals surface area contributed by atoms with Gasteiger partial charge in [-0.05, 0) is 51.3 Å². The minimum Gasteiger partial charge on any atom is -0.495 e. The van der Waals surface area contributed by atoms with Crippen molar-refractivity contribution in [1.82, 2.24) is 5.32 Å². The fraction of sp³-hybridized carbons (Fsp3) is 0.500. The minimum absolute atomic E-state index is 0.0141. The Bertz CT molecular complexity index is 467. The molecule has 0 radical (unpaired) electrons. The summed E-state index contributed by atoms with van der Waals surface area (Å²) in [4.78, 5) is 11.8. The summed E-state index contributed by atoms with van der Waals surface area (Å²) in [6, 6.07) is 3.94. The van der Waals surface area contributed by atoms with E-state index in [0.717, 1.165) is 33.2 Å². The first-order valence-corrected chi connectivity index (χ1v) is 8.12. The molecule has 1 aromatic carbocycles. The van der Waals surface area contributed by atoms with Gasteiger partial charge >= 0.3 is 0 Å². The summed E-state index contributed by atoms with van der Waals surface area (Å²) in [6.45, 7) is 4.35. The first-order chi connectivity index (χ1) is 9.47. The van der Waals surface area contributed by atoms with Crippen molar-refractivity contribution in [3.8, 4) is 5.75 Å². The van der Waals surface area contributed by atoms with Gasteiger partial charge in [-0.25, -0.2) is 0 Å². The van der Waals surface area contributed by atoms with Crippen LogP contribution in [0.4, 0.5) is 5.69 Å². The Morgan fingerprint density at radius 1 is 1.35 bits per heavy atom. The molecule has 0 aromatic heterocycles. The maximum absolute atomic E-state index is 11.8. The second-order valence-corrected chi connectivity index (χ2v) is 6.29. The van der Waals surface area contributed by atoms with Crippen molar-refractivity contribution < 1.29 is 9.53 Å². The van der Waals surface area contributed by atoms with Crippen molar-refractivity contribution in [3.63, 3.8) is 0 Å². The van der Waals surface area contributed by atoms with E-state index in [9.17, 15) is 4.79 Å². The lowest BCUT2D eigenvalue weighted by Gasteiger charge is -2.15. The third-order valence-corrected chi connectivity index (χ3v) is 4.09. The van der Waals surface area contributed by atoms with Crippen molar-refractivity contribution >= 4 is 43.5 Å². The molecule has 1 atom stereocenters. The van der Waals surface area contributed by atoms with Crippen LogP contribution in [0.5, 0.6) is 5.75 Å². The summed E-state index contributed by atoms with van der Waals surface area (Å²) >= 11 is 6.87. The van der Waals surface area contributed by atoms with Crippen LogP contribution in [0.15, 0.2) is 21.1 Å². The highest BCUT2D eigenvalue weighted by molar-refractivity contribution is 9.11. The Hall–Kier alpha value is -0.750. The second kappa shape index (κ2) is 8.52. The van der Waals surface area contributed by atoms with Crippen LogP contribution in [-0.4, -0.2) is 25.6 Å². The molecule has 2 N–H and O–H groups in total. The van der Waals surface area contributed by atoms with Gasteiger partial charge in [-0.1, -0.05) is 13.3 Å². The van der Waals surface area contributed by atoms with E-state index in [0.29, 0.717) is 0 Å². The van der Waals surface area contributed by atoms with Crippen molar-refractivity contribution in [1.29, 1.82) is 0 Å². The van der Waals surface area contributed by atoms with Crippen LogP contribution in [0.3, 0.4) is 0 Å². The van der Waals surface area contributed by atoms with Crippen LogP contribution in [0.1, 0.15) is 26.7 Å². The average Bonchev–Trinajstić information content (AvgIpc) is 2.38. The number of hydrogen-bond acceptors (Lipinski definition) is 3. The van der Waals surface area contributed by atoms with Gasteiger partial charge in [0.1, 0.15) is 5.75 Å². The Balaban J connectivity index is 2.59. The predicted octanol–water partition coefficient (Wildman–Crippen LogP) is 3.94. The molecule has 0 saturated carbocycles. The van der Waals surface area contributed by atoms with E-state index in [2.05, 4.69) is 49.4 Å². The molecule has 0 aliphatic heterocycles. The van der Waals surface area contributed by atoms with Crippen LogP contribution in [0.25, 0.3) is 0 Å². The van der Waals surface area contributed by atoms with Gasteiger partial charge in [-0.2, -0.15) is 0 Å². The Kier molecular flexibility index (Phi) is 7.37. The number of methoxy groups -OCH3 is 1. The number of benzene rings is 1. The number of hydrogen-bond donors (Lipinski definition) is 2. The summed E-state index contributed by atoms with van der Waals surface area (Å²) < 4.78 is 6.97. The molecule has 0 fully saturated rings. The van der Waals surface area contributed by atoms with Gasteiger partial charge in [0, 0.05) is 16.6 Å². The molecule has 4 nitrogen and oxygen atoms in total. The molecule has 0 heterocycles. The molecule has 1 amide bonds. The van der Waals surface area contributed by atoms with E-state index in [-0.39, 0.29) is 18.5 Å². The molecule has 0 aliphatic rings. The highest BCUT2D eigenvalue weighted by Gasteiger charge is 2.10. The van der Waals surface area contributed by atoms with Crippen LogP contribution in [-0.2, 0) is 4.79 Å². The highest BCUT2D eigenvalue weighted by atomic mass is 79.9. The quantitative estimate of drug-likeness (QED) is 0.719. The summed E-state index contributed by atoms with van der Waals surface area (Å²) in [6.07, 6.45) is 2.05. The SMILES string of the molecule is CCCC(C)NC(=O)CNc1cc(OC)c(Br)cc1Br. The normalized spacial score (nSPS) is 11.8. The number of amides is 1. The standard InChI is InChI=1S/C14H20Br2N2O2/c1-4-5-9(2)18-14(19)8-17-12-7-13(20-3)11(16)6-10(12)15/h6-7,9,17H,4-5,8H2,1-3H3,(H,18,19). The zero-order chi connectivity index (χ0) is 15.1. The van der Waals surface area contributed by atoms with Gasteiger partial charge < -0.3 is 15.4 Å². The lowest BCUT2D eigenvalue weighted by atomic mass is 10.2. The number of nitrogens with one attached hydrogen (secondary N) is 2. The van der Waals surface area contributed by atoms with E-state index < -0.39 is 0 Å². The Labute approximate surface area is 136 Å². The highest BCUT2D eigenvalue weighted by Crippen LogP contribution is 2.34. The van der Waals surface area contributed by atoms with Crippen molar-refractivity contribution in [2.75, 3.05) is 19.0 Å². The van der Waals surface area contributed by atoms with Crippen LogP contribution >= 0.6 is 31.9 Å². The predicted molar refractivity (Wildman–Crippen MR) is 89.4 cm³/mol. The third-order valence-electron chi connectivity index (χ3n) is 2.81. The molecule has 0 spiro atoms. The molecule has 0 saturated heterocycles. The van der Waals surface area contributed by atoms with Gasteiger partial charge in [0.05, 0.1) is 23.8 Å². The van der Waals surface area contributed by atoms with E-state index in [4.69, 9.17) is 4.74 Å². The molecule has 20 heavy (non-hydrogen) atoms. The smallest absolute Gasteiger partial charge is 0.239 e. The maximum atomic E-state index is 11.8. The van der Waals surface area contributed by atoms with Crippen molar-refractivity contribution in [3.05, 3.63) is 21.1 Å². The largest absolute Gasteiger partial charge is 0.495 e. The molecule has 1 rings (SSSR count). The Morgan fingerprint density at radius 3 is 2.65 bits per heavy atom. The summed E-state index contributed by atoms with van der Waals surface area (Å²) in [5, 5.41) is 6.06. The van der Waals surface area contributed by atoms with Crippen molar-refractivity contribution in [2.45, 2.75) is 32.7 Å². The van der Waals surface area contributed by atoms with E-state index in [1.807, 2.05) is 19.1 Å². The Morgan fingerprint density at radius 2 is 2.05 bits per heavy atom. The lowest BCUT2D eigenvalue weighted by Crippen LogP contribution is -2.36. The van der Waals surface area contributed by atoms with Gasteiger partial charge in [-0.15, -0.1) is 0 Å². The second-order valence-electron chi connectivity index (χ2n) is 4.58. The monoisotopic (exact) mass is 406 g/mol. The molecular weight excluding hydrogens is 388 g/mol. The number of ether oxygens (including phenoxy) is 1. The molecule has 1 unspecified atom stereocenters. The molecule has 0 bridgehead atoms. The fourth-order valence-corrected chi connectivity index (χ4v) is 3.12. The zero-order valence-electron chi connectivity index (χ0n) is 11.9. The van der Waals surface area contributed by atoms with E-state index in [1.54, 1.807) is 7.11 Å². The van der Waals surface area contributed by atoms with Gasteiger partial charge in [0.15, 0.2) is 0 Å². The number of halogens is 2. The average molecular weight is 408 g/mol. The first-order valence-electron chi connectivity index (χ1n) is 6.54. The number of carbonyl (C=O) groups excluding carboxylic acids is 1. The fourth-order valence-electron chi connectivity index (χ4n) is 1.83. The number of carbonyl (C=O) groups is 1. The molecule has 0 aliphatic carbocycles. The zero-order valence-corrected chi connectivity index (χ0v) is 15.1. The summed E-state index contributed by atoms with van der Waals surface area (Å²) in [5.74, 6) is 0.704. The summed E-state index contributed by atoms with van der Waals surface area (Å²) in [5.41, 5.74) is 0.823. The lowest BCUT2D eigenvalue weighted by molar-refractivity contribution is -0.120. The third kappa shape index (κ3) is 5.32. The van der Waals surface area contributed by atoms with Gasteiger partial charge in [0.2, 0.25) is 5.91 Å². The van der Waals surface area contributed by atoms with Gasteiger partial charge in [-0.3, -0.25) is 4.79 Å². The number of anilines is 1. The molecule has 112 valence electrons. The van der Waals surface area contributed by atoms with Crippen LogP contribution in [0, 0.1) is 0 Å². The van der Waals surface area contributed by atoms with Crippen LogP contribution < -0.4 is 15.4 Å². The molecule has 1 aromatic rings. The number of rotatable bonds is 7. The summed E-state index contributed by atoms with van der Waals surface area (Å²) in [7, 11) is 1.61. The van der Waals surface area contributed by atoms with Crippen molar-refractivity contribution in [2.24, 2.45) is 0 Å². The van der Waals surface area contributed by atoms with Crippen LogP contribution in [0.2, 0.25) is 0 Å². The van der Waals surface area contributed by atoms with E-state index in [1.165, 1.54) is 0 Å². The maximum Gasteiger partial charge on any atom is 0.239 e. The topological polar surface area (TPSA) is 50.4 Å². The van der Waals surface area contributed by atoms with Gasteiger partial charge in [0.25, 0.3) is 0 Å².